The number of methoxy groups -OCH3 is 1. The van der Waals surface area contributed by atoms with E-state index in [0.717, 1.165) is 6.08 Å². The number of nitrogens with one attached hydrogen (secondary N) is 1. The first kappa shape index (κ1) is 37.3. The topological polar surface area (TPSA) is 282 Å². The molecule has 5 rings (SSSR count). The van der Waals surface area contributed by atoms with Crippen LogP contribution in [0.15, 0.2) is 59.8 Å². The molecular formula is C34H35N2O16+. The number of aliphatic carboxylic acids is 3. The summed E-state index contributed by atoms with van der Waals surface area (Å²) in [6.45, 7) is -0.600. The average molecular weight is 728 g/mol. The molecule has 0 spiro atoms. The number of phenols is 2. The predicted octanol–water partition coefficient (Wildman–Crippen LogP) is -0.385. The van der Waals surface area contributed by atoms with Gasteiger partial charge in [-0.25, -0.2) is 19.2 Å². The molecule has 0 amide bonds. The van der Waals surface area contributed by atoms with E-state index in [1.807, 2.05) is 0 Å². The van der Waals surface area contributed by atoms with Crippen LogP contribution >= 0.6 is 0 Å². The number of carboxylic acids is 3. The van der Waals surface area contributed by atoms with E-state index in [0.29, 0.717) is 11.1 Å². The Kier molecular flexibility index (Phi) is 11.1. The third kappa shape index (κ3) is 8.16. The number of phenolic OH excluding ortho intramolecular Hbond substituents is 2. The SMILES string of the molecule is COc1cc(/C=C/C(=O)OC[C@H]2O[C@@H](Oc3cc4c(cc3O)C[C@@H](C(=O)O)[N+]4=C/C=C3/C=C(C(=O)O)N[C@H](C(=O)O)C3)[C@H](O)[C@@H](O)[C@@H]2O)ccc1O. The maximum absolute atomic E-state index is 12.4. The summed E-state index contributed by atoms with van der Waals surface area (Å²) in [5.41, 5.74) is 0.981. The van der Waals surface area contributed by atoms with Crippen molar-refractivity contribution >= 4 is 41.9 Å². The van der Waals surface area contributed by atoms with Crippen molar-refractivity contribution in [3.8, 4) is 23.0 Å². The van der Waals surface area contributed by atoms with E-state index in [9.17, 15) is 60.0 Å². The van der Waals surface area contributed by atoms with Gasteiger partial charge in [0.1, 0.15) is 42.8 Å². The highest BCUT2D eigenvalue weighted by molar-refractivity contribution is 5.90. The Hall–Kier alpha value is -5.95. The monoisotopic (exact) mass is 727 g/mol. The molecule has 18 heteroatoms. The number of aliphatic hydroxyl groups excluding tert-OH is 3. The van der Waals surface area contributed by atoms with E-state index in [1.165, 1.54) is 66.5 Å². The Morgan fingerprint density at radius 1 is 0.942 bits per heavy atom. The lowest BCUT2D eigenvalue weighted by Crippen LogP contribution is -2.60. The number of benzene rings is 2. The zero-order valence-electron chi connectivity index (χ0n) is 27.2. The number of esters is 1. The van der Waals surface area contributed by atoms with Crippen LogP contribution in [0, 0.1) is 0 Å². The second kappa shape index (κ2) is 15.5. The number of nitrogens with zero attached hydrogens (tertiary/aromatic N) is 1. The number of carbonyl (C=O) groups excluding carboxylic acids is 1. The number of rotatable bonds is 11. The van der Waals surface area contributed by atoms with E-state index in [1.54, 1.807) is 0 Å². The van der Waals surface area contributed by atoms with Crippen LogP contribution in [0.5, 0.6) is 23.0 Å². The molecule has 0 unspecified atom stereocenters. The Labute approximate surface area is 294 Å². The van der Waals surface area contributed by atoms with Crippen molar-refractivity contribution in [1.29, 1.82) is 0 Å². The molecule has 1 fully saturated rings. The van der Waals surface area contributed by atoms with E-state index in [4.69, 9.17) is 18.9 Å². The van der Waals surface area contributed by atoms with Crippen molar-refractivity contribution in [2.75, 3.05) is 13.7 Å². The lowest BCUT2D eigenvalue weighted by atomic mass is 9.99. The van der Waals surface area contributed by atoms with Gasteiger partial charge in [-0.1, -0.05) is 6.07 Å². The number of carbonyl (C=O) groups is 4. The lowest BCUT2D eigenvalue weighted by Gasteiger charge is -2.39. The minimum atomic E-state index is -1.87. The smallest absolute Gasteiger partial charge is 0.373 e. The third-order valence-corrected chi connectivity index (χ3v) is 8.47. The number of fused-ring (bicyclic) bond motifs is 1. The van der Waals surface area contributed by atoms with Crippen molar-refractivity contribution in [1.82, 2.24) is 5.32 Å². The number of hydrogen-bond donors (Lipinski definition) is 9. The summed E-state index contributed by atoms with van der Waals surface area (Å²) < 4.78 is 22.8. The van der Waals surface area contributed by atoms with Gasteiger partial charge in [-0.15, -0.1) is 0 Å². The summed E-state index contributed by atoms with van der Waals surface area (Å²) in [5, 5.41) is 83.4. The maximum atomic E-state index is 12.4. The lowest BCUT2D eigenvalue weighted by molar-refractivity contribution is -0.456. The molecule has 0 aliphatic carbocycles. The number of allylic oxidation sites excluding steroid dienone is 2. The van der Waals surface area contributed by atoms with Gasteiger partial charge in [-0.2, -0.15) is 4.58 Å². The second-order valence-electron chi connectivity index (χ2n) is 11.9. The minimum absolute atomic E-state index is 0.0800. The van der Waals surface area contributed by atoms with Crippen LogP contribution < -0.4 is 14.8 Å². The molecule has 2 aromatic rings. The molecule has 18 nitrogen and oxygen atoms in total. The minimum Gasteiger partial charge on any atom is -0.504 e. The van der Waals surface area contributed by atoms with Gasteiger partial charge >= 0.3 is 23.9 Å². The first-order chi connectivity index (χ1) is 24.7. The van der Waals surface area contributed by atoms with Gasteiger partial charge in [-0.05, 0) is 41.5 Å². The summed E-state index contributed by atoms with van der Waals surface area (Å²) in [6, 6.07) is 4.38. The van der Waals surface area contributed by atoms with Crippen LogP contribution in [0.1, 0.15) is 17.5 Å². The van der Waals surface area contributed by atoms with Crippen molar-refractivity contribution < 1.29 is 83.6 Å². The molecule has 3 aliphatic rings. The normalized spacial score (nSPS) is 27.1. The van der Waals surface area contributed by atoms with Crippen LogP contribution in [0.4, 0.5) is 5.69 Å². The quantitative estimate of drug-likeness (QED) is 0.0810. The number of carboxylic acid groups (broad SMARTS) is 3. The molecule has 0 bridgehead atoms. The molecule has 2 aromatic carbocycles. The van der Waals surface area contributed by atoms with E-state index in [-0.39, 0.29) is 47.0 Å². The number of hydrogen-bond acceptors (Lipinski definition) is 14. The summed E-state index contributed by atoms with van der Waals surface area (Å²) in [7, 11) is 1.36. The molecule has 0 radical (unpaired) electrons. The first-order valence-electron chi connectivity index (χ1n) is 15.6. The Morgan fingerprint density at radius 3 is 2.37 bits per heavy atom. The zero-order valence-corrected chi connectivity index (χ0v) is 27.2. The summed E-state index contributed by atoms with van der Waals surface area (Å²) >= 11 is 0. The molecule has 0 aromatic heterocycles. The van der Waals surface area contributed by atoms with E-state index >= 15 is 0 Å². The maximum Gasteiger partial charge on any atom is 0.373 e. The highest BCUT2D eigenvalue weighted by atomic mass is 16.7. The molecular weight excluding hydrogens is 692 g/mol. The zero-order chi connectivity index (χ0) is 37.9. The molecule has 9 N–H and O–H groups in total. The molecule has 276 valence electrons. The Balaban J connectivity index is 1.34. The van der Waals surface area contributed by atoms with Crippen molar-refractivity contribution in [3.05, 3.63) is 71.0 Å². The van der Waals surface area contributed by atoms with Crippen LogP contribution in [-0.4, -0.2) is 132 Å². The van der Waals surface area contributed by atoms with Crippen LogP contribution in [-0.2, 0) is 35.1 Å². The van der Waals surface area contributed by atoms with Gasteiger partial charge in [-0.3, -0.25) is 0 Å². The fourth-order valence-corrected chi connectivity index (χ4v) is 5.74. The highest BCUT2D eigenvalue weighted by Crippen LogP contribution is 2.41. The van der Waals surface area contributed by atoms with E-state index in [2.05, 4.69) is 5.32 Å². The summed E-state index contributed by atoms with van der Waals surface area (Å²) in [4.78, 5) is 47.7. The highest BCUT2D eigenvalue weighted by Gasteiger charge is 2.46. The van der Waals surface area contributed by atoms with Crippen LogP contribution in [0.25, 0.3) is 6.08 Å². The van der Waals surface area contributed by atoms with Gasteiger partial charge in [0.05, 0.1) is 19.6 Å². The van der Waals surface area contributed by atoms with Crippen molar-refractivity contribution in [2.24, 2.45) is 0 Å². The van der Waals surface area contributed by atoms with Crippen LogP contribution in [0.3, 0.4) is 0 Å². The first-order valence-corrected chi connectivity index (χ1v) is 15.6. The van der Waals surface area contributed by atoms with Gasteiger partial charge in [0.15, 0.2) is 29.2 Å². The molecule has 3 heterocycles. The van der Waals surface area contributed by atoms with Crippen LogP contribution in [0.2, 0.25) is 0 Å². The van der Waals surface area contributed by atoms with Gasteiger partial charge < -0.3 is 65.1 Å². The number of aromatic hydroxyl groups is 2. The molecule has 1 saturated heterocycles. The Bertz CT molecular complexity index is 1880. The largest absolute Gasteiger partial charge is 0.504 e. The number of ether oxygens (including phenoxy) is 4. The van der Waals surface area contributed by atoms with Gasteiger partial charge in [0.25, 0.3) is 6.04 Å². The second-order valence-corrected chi connectivity index (χ2v) is 11.9. The van der Waals surface area contributed by atoms with Gasteiger partial charge in [0.2, 0.25) is 12.0 Å². The van der Waals surface area contributed by atoms with Crippen molar-refractivity contribution in [2.45, 2.75) is 55.6 Å². The van der Waals surface area contributed by atoms with E-state index < -0.39 is 79.0 Å². The molecule has 7 atom stereocenters. The standard InChI is InChI=1S/C34H34N2O16/c1-49-24-10-15(2-4-22(24)37)3-5-27(39)50-14-26-28(40)29(41)30(42)34(52-26)51-25-13-20-17(12-23(25)38)11-21(33(47)48)36(20)7-6-16-8-18(31(43)44)35-19(9-16)32(45)46/h2-8,10,12-13,19,21,26,28-30,34,40-42H,9,11,14H2,1H3,(H5,37,38,39,43,44,45,46,47,48)/p+1/t19-,21-,26+,28+,29-,30+,34+/m0/s1. The predicted molar refractivity (Wildman–Crippen MR) is 174 cm³/mol. The molecule has 52 heavy (non-hydrogen) atoms. The summed E-state index contributed by atoms with van der Waals surface area (Å²) in [5.74, 6) is -5.54. The molecule has 0 saturated carbocycles. The van der Waals surface area contributed by atoms with Crippen molar-refractivity contribution in [3.63, 3.8) is 0 Å². The van der Waals surface area contributed by atoms with Gasteiger partial charge in [0, 0.05) is 24.1 Å². The summed E-state index contributed by atoms with van der Waals surface area (Å²) in [6.07, 6.45) is -2.45. The average Bonchev–Trinajstić information content (AvgIpc) is 3.47. The fraction of sp³-hybridized carbons (Fsp3) is 0.324. The number of aliphatic hydroxyl groups is 3. The molecule has 3 aliphatic heterocycles. The Morgan fingerprint density at radius 2 is 1.69 bits per heavy atom. The third-order valence-electron chi connectivity index (χ3n) is 8.47. The fourth-order valence-electron chi connectivity index (χ4n) is 5.74.